The van der Waals surface area contributed by atoms with Crippen LogP contribution in [0.1, 0.15) is 5.56 Å². The highest BCUT2D eigenvalue weighted by molar-refractivity contribution is 6.33. The zero-order valence-electron chi connectivity index (χ0n) is 24.4. The lowest BCUT2D eigenvalue weighted by molar-refractivity contribution is 0.669. The second-order valence-corrected chi connectivity index (χ2v) is 11.3. The summed E-state index contributed by atoms with van der Waals surface area (Å²) in [6, 6.07) is 47.7. The molecule has 0 aliphatic rings. The molecule has 0 radical (unpaired) electrons. The van der Waals surface area contributed by atoms with E-state index in [-0.39, 0.29) is 0 Å². The van der Waals surface area contributed by atoms with E-state index in [1.54, 1.807) is 0 Å². The number of benzene rings is 6. The molecule has 0 aliphatic carbocycles. The monoisotopic (exact) mass is 610 g/mol. The van der Waals surface area contributed by atoms with Crippen molar-refractivity contribution in [2.24, 2.45) is 0 Å². The maximum absolute atomic E-state index is 9.17. The van der Waals surface area contributed by atoms with E-state index in [1.165, 1.54) is 0 Å². The van der Waals surface area contributed by atoms with Crippen molar-refractivity contribution in [1.82, 2.24) is 15.0 Å². The molecule has 0 aliphatic heterocycles. The summed E-state index contributed by atoms with van der Waals surface area (Å²) in [7, 11) is 0. The number of nitrogens with zero attached hydrogens (tertiary/aromatic N) is 4. The lowest BCUT2D eigenvalue weighted by Crippen LogP contribution is -2.01. The number of nitriles is 1. The number of hydrogen-bond acceptors (Lipinski definition) is 5. The number of furan rings is 1. The summed E-state index contributed by atoms with van der Waals surface area (Å²) in [6.45, 7) is 0. The van der Waals surface area contributed by atoms with Gasteiger partial charge in [0.05, 0.1) is 11.6 Å². The van der Waals surface area contributed by atoms with Gasteiger partial charge >= 0.3 is 0 Å². The fourth-order valence-electron chi connectivity index (χ4n) is 5.77. The van der Waals surface area contributed by atoms with E-state index in [2.05, 4.69) is 18.2 Å². The zero-order chi connectivity index (χ0) is 31.0. The molecule has 0 unspecified atom stereocenters. The molecular weight excluding hydrogens is 588 g/mol. The minimum absolute atomic E-state index is 0.545. The fourth-order valence-corrected chi connectivity index (χ4v) is 6.05. The molecule has 0 saturated heterocycles. The van der Waals surface area contributed by atoms with Gasteiger partial charge in [-0.3, -0.25) is 0 Å². The second kappa shape index (κ2) is 11.4. The molecule has 0 spiro atoms. The molecule has 8 rings (SSSR count). The van der Waals surface area contributed by atoms with Gasteiger partial charge in [-0.05, 0) is 59.2 Å². The molecule has 216 valence electrons. The minimum atomic E-state index is 0.545. The van der Waals surface area contributed by atoms with Gasteiger partial charge in [0.15, 0.2) is 17.5 Å². The Balaban J connectivity index is 1.27. The Kier molecular flexibility index (Phi) is 6.83. The van der Waals surface area contributed by atoms with Gasteiger partial charge < -0.3 is 4.42 Å². The van der Waals surface area contributed by atoms with Gasteiger partial charge in [-0.1, -0.05) is 109 Å². The molecule has 0 amide bonds. The average molecular weight is 611 g/mol. The van der Waals surface area contributed by atoms with Crippen LogP contribution in [0.15, 0.2) is 144 Å². The lowest BCUT2D eigenvalue weighted by Gasteiger charge is -2.14. The molecule has 0 N–H and O–H groups in total. The summed E-state index contributed by atoms with van der Waals surface area (Å²) in [5, 5.41) is 11.8. The summed E-state index contributed by atoms with van der Waals surface area (Å²) >= 11 is 6.96. The number of hydrogen-bond donors (Lipinski definition) is 0. The predicted molar refractivity (Wildman–Crippen MR) is 184 cm³/mol. The number of aromatic nitrogens is 3. The van der Waals surface area contributed by atoms with E-state index in [0.29, 0.717) is 28.1 Å². The van der Waals surface area contributed by atoms with Crippen LogP contribution in [0.3, 0.4) is 0 Å². The normalized spacial score (nSPS) is 11.1. The van der Waals surface area contributed by atoms with Crippen molar-refractivity contribution in [2.75, 3.05) is 0 Å². The lowest BCUT2D eigenvalue weighted by atomic mass is 9.96. The van der Waals surface area contributed by atoms with Crippen LogP contribution in [-0.2, 0) is 0 Å². The Bertz CT molecular complexity index is 2440. The van der Waals surface area contributed by atoms with Crippen molar-refractivity contribution in [3.8, 4) is 62.5 Å². The van der Waals surface area contributed by atoms with Crippen molar-refractivity contribution in [3.63, 3.8) is 0 Å². The summed E-state index contributed by atoms with van der Waals surface area (Å²) in [6.07, 6.45) is 0. The van der Waals surface area contributed by atoms with Gasteiger partial charge in [-0.25, -0.2) is 15.0 Å². The summed E-state index contributed by atoms with van der Waals surface area (Å²) in [4.78, 5) is 15.0. The highest BCUT2D eigenvalue weighted by Crippen LogP contribution is 2.38. The molecule has 6 aromatic carbocycles. The first-order valence-corrected chi connectivity index (χ1v) is 15.2. The summed E-state index contributed by atoms with van der Waals surface area (Å²) in [5.74, 6) is 1.69. The van der Waals surface area contributed by atoms with E-state index < -0.39 is 0 Å². The Hall–Kier alpha value is -6.09. The molecule has 6 heteroatoms. The molecule has 8 aromatic rings. The third kappa shape index (κ3) is 4.97. The van der Waals surface area contributed by atoms with Gasteiger partial charge in [-0.2, -0.15) is 5.26 Å². The van der Waals surface area contributed by atoms with E-state index in [0.717, 1.165) is 60.9 Å². The standard InChI is InChI=1S/C40H23ClN4O/c41-35-23-28(26-16-14-25(24-42)15-17-26)18-20-31(35)30-10-4-5-12-33(30)40-44-38(27-8-2-1-3-9-27)43-39(45-40)29-19-21-37-34(22-29)32-11-6-7-13-36(32)46-37/h1-23H. The third-order valence-electron chi connectivity index (χ3n) is 8.08. The Labute approximate surface area is 270 Å². The Morgan fingerprint density at radius 2 is 1.11 bits per heavy atom. The van der Waals surface area contributed by atoms with E-state index in [1.807, 2.05) is 127 Å². The van der Waals surface area contributed by atoms with E-state index in [9.17, 15) is 5.26 Å². The van der Waals surface area contributed by atoms with Crippen LogP contribution in [0.5, 0.6) is 0 Å². The van der Waals surface area contributed by atoms with Gasteiger partial charge in [0.1, 0.15) is 11.2 Å². The van der Waals surface area contributed by atoms with Crippen molar-refractivity contribution >= 4 is 33.5 Å². The van der Waals surface area contributed by atoms with Gasteiger partial charge in [0.25, 0.3) is 0 Å². The van der Waals surface area contributed by atoms with Crippen LogP contribution in [0.4, 0.5) is 0 Å². The first-order valence-electron chi connectivity index (χ1n) is 14.8. The zero-order valence-corrected chi connectivity index (χ0v) is 25.1. The van der Waals surface area contributed by atoms with E-state index in [4.69, 9.17) is 31.0 Å². The Morgan fingerprint density at radius 3 is 1.89 bits per heavy atom. The molecule has 0 saturated carbocycles. The smallest absolute Gasteiger partial charge is 0.164 e. The van der Waals surface area contributed by atoms with Crippen molar-refractivity contribution < 1.29 is 4.42 Å². The van der Waals surface area contributed by atoms with Crippen molar-refractivity contribution in [1.29, 1.82) is 5.26 Å². The van der Waals surface area contributed by atoms with Gasteiger partial charge in [0, 0.05) is 38.0 Å². The van der Waals surface area contributed by atoms with Crippen LogP contribution < -0.4 is 0 Å². The van der Waals surface area contributed by atoms with Gasteiger partial charge in [-0.15, -0.1) is 0 Å². The average Bonchev–Trinajstić information content (AvgIpc) is 3.50. The molecule has 5 nitrogen and oxygen atoms in total. The maximum atomic E-state index is 9.17. The highest BCUT2D eigenvalue weighted by atomic mass is 35.5. The van der Waals surface area contributed by atoms with Gasteiger partial charge in [0.2, 0.25) is 0 Å². The molecule has 0 atom stereocenters. The molecule has 46 heavy (non-hydrogen) atoms. The number of halogens is 1. The predicted octanol–water partition coefficient (Wildman–Crippen LogP) is 10.6. The summed E-state index contributed by atoms with van der Waals surface area (Å²) in [5.41, 5.74) is 8.58. The summed E-state index contributed by atoms with van der Waals surface area (Å²) < 4.78 is 6.07. The first-order chi connectivity index (χ1) is 22.6. The van der Waals surface area contributed by atoms with Crippen molar-refractivity contribution in [3.05, 3.63) is 150 Å². The van der Waals surface area contributed by atoms with Crippen LogP contribution in [0.25, 0.3) is 78.4 Å². The maximum Gasteiger partial charge on any atom is 0.164 e. The SMILES string of the molecule is N#Cc1ccc(-c2ccc(-c3ccccc3-c3nc(-c4ccccc4)nc(-c4ccc5oc6ccccc6c5c4)n3)c(Cl)c2)cc1. The molecule has 0 fully saturated rings. The number of para-hydroxylation sites is 1. The number of rotatable bonds is 5. The van der Waals surface area contributed by atoms with Crippen LogP contribution in [-0.4, -0.2) is 15.0 Å². The molecular formula is C40H23ClN4O. The molecule has 2 aromatic heterocycles. The van der Waals surface area contributed by atoms with Crippen LogP contribution in [0.2, 0.25) is 5.02 Å². The fraction of sp³-hybridized carbons (Fsp3) is 0. The van der Waals surface area contributed by atoms with E-state index >= 15 is 0 Å². The Morgan fingerprint density at radius 1 is 0.478 bits per heavy atom. The first kappa shape index (κ1) is 27.5. The highest BCUT2D eigenvalue weighted by Gasteiger charge is 2.18. The van der Waals surface area contributed by atoms with Crippen molar-refractivity contribution in [2.45, 2.75) is 0 Å². The van der Waals surface area contributed by atoms with Crippen LogP contribution >= 0.6 is 11.6 Å². The minimum Gasteiger partial charge on any atom is -0.456 e. The largest absolute Gasteiger partial charge is 0.456 e. The molecule has 0 bridgehead atoms. The van der Waals surface area contributed by atoms with Crippen LogP contribution in [0, 0.1) is 11.3 Å². The second-order valence-electron chi connectivity index (χ2n) is 10.9. The third-order valence-corrected chi connectivity index (χ3v) is 8.39. The quantitative estimate of drug-likeness (QED) is 0.194. The number of fused-ring (bicyclic) bond motifs is 3. The molecule has 2 heterocycles. The topological polar surface area (TPSA) is 75.6 Å².